The summed E-state index contributed by atoms with van der Waals surface area (Å²) >= 11 is 0. The zero-order valence-electron chi connectivity index (χ0n) is 15.1. The van der Waals surface area contributed by atoms with Crippen LogP contribution in [0.15, 0.2) is 78.9 Å². The molecule has 0 saturated heterocycles. The zero-order chi connectivity index (χ0) is 20.9. The van der Waals surface area contributed by atoms with Gasteiger partial charge in [-0.05, 0) is 36.4 Å². The summed E-state index contributed by atoms with van der Waals surface area (Å²) in [6.45, 7) is -0.474. The lowest BCUT2D eigenvalue weighted by Gasteiger charge is -2.13. The third-order valence-electron chi connectivity index (χ3n) is 4.03. The molecule has 148 valence electrons. The fraction of sp³-hybridized carbons (Fsp3) is 0.0909. The number of para-hydroxylation sites is 1. The van der Waals surface area contributed by atoms with E-state index in [0.717, 1.165) is 6.07 Å². The molecule has 0 aromatic heterocycles. The first-order valence-corrected chi connectivity index (χ1v) is 8.63. The standard InChI is InChI=1S/C22H16F3NO3/c23-22(24,25)18-8-4-5-9-19(18)26-20(27)14-29-17-12-10-16(11-13-17)21(28)15-6-2-1-3-7-15/h1-13H,14H2,(H,26,27). The highest BCUT2D eigenvalue weighted by molar-refractivity contribution is 6.09. The Balaban J connectivity index is 1.60. The number of rotatable bonds is 6. The van der Waals surface area contributed by atoms with Gasteiger partial charge < -0.3 is 10.1 Å². The SMILES string of the molecule is O=C(COc1ccc(C(=O)c2ccccc2)cc1)Nc1ccccc1C(F)(F)F. The monoisotopic (exact) mass is 399 g/mol. The van der Waals surface area contributed by atoms with Crippen LogP contribution in [-0.2, 0) is 11.0 Å². The van der Waals surface area contributed by atoms with Gasteiger partial charge in [0, 0.05) is 11.1 Å². The highest BCUT2D eigenvalue weighted by Crippen LogP contribution is 2.34. The molecular formula is C22H16F3NO3. The van der Waals surface area contributed by atoms with Gasteiger partial charge in [-0.25, -0.2) is 0 Å². The van der Waals surface area contributed by atoms with Gasteiger partial charge in [-0.3, -0.25) is 9.59 Å². The van der Waals surface area contributed by atoms with Crippen molar-refractivity contribution in [2.24, 2.45) is 0 Å². The van der Waals surface area contributed by atoms with Crippen molar-refractivity contribution in [1.29, 1.82) is 0 Å². The minimum atomic E-state index is -4.58. The topological polar surface area (TPSA) is 55.4 Å². The maximum Gasteiger partial charge on any atom is 0.418 e. The molecule has 0 fully saturated rings. The molecular weight excluding hydrogens is 383 g/mol. The van der Waals surface area contributed by atoms with Crippen LogP contribution >= 0.6 is 0 Å². The lowest BCUT2D eigenvalue weighted by Crippen LogP contribution is -2.22. The summed E-state index contributed by atoms with van der Waals surface area (Å²) < 4.78 is 44.2. The van der Waals surface area contributed by atoms with Crippen molar-refractivity contribution in [3.8, 4) is 5.75 Å². The number of carbonyl (C=O) groups is 2. The Morgan fingerprint density at radius 2 is 1.38 bits per heavy atom. The summed E-state index contributed by atoms with van der Waals surface area (Å²) in [5.41, 5.74) is -0.273. The molecule has 0 aliphatic heterocycles. The molecule has 0 bridgehead atoms. The van der Waals surface area contributed by atoms with Crippen LogP contribution in [0.1, 0.15) is 21.5 Å². The number of ether oxygens (including phenoxy) is 1. The molecule has 29 heavy (non-hydrogen) atoms. The van der Waals surface area contributed by atoms with Crippen LogP contribution in [-0.4, -0.2) is 18.3 Å². The predicted octanol–water partition coefficient (Wildman–Crippen LogP) is 4.95. The molecule has 0 aliphatic rings. The third-order valence-corrected chi connectivity index (χ3v) is 4.03. The number of hydrogen-bond donors (Lipinski definition) is 1. The van der Waals surface area contributed by atoms with Gasteiger partial charge >= 0.3 is 6.18 Å². The highest BCUT2D eigenvalue weighted by atomic mass is 19.4. The Bertz CT molecular complexity index is 1000. The van der Waals surface area contributed by atoms with Gasteiger partial charge in [-0.1, -0.05) is 42.5 Å². The lowest BCUT2D eigenvalue weighted by atomic mass is 10.0. The number of amides is 1. The number of alkyl halides is 3. The number of halogens is 3. The van der Waals surface area contributed by atoms with E-state index in [1.54, 1.807) is 36.4 Å². The molecule has 3 aromatic rings. The summed E-state index contributed by atoms with van der Waals surface area (Å²) in [5, 5.41) is 2.20. The number of carbonyl (C=O) groups excluding carboxylic acids is 2. The summed E-state index contributed by atoms with van der Waals surface area (Å²) in [4.78, 5) is 24.3. The van der Waals surface area contributed by atoms with Crippen molar-refractivity contribution in [3.63, 3.8) is 0 Å². The van der Waals surface area contributed by atoms with Crippen LogP contribution in [0.25, 0.3) is 0 Å². The number of hydrogen-bond acceptors (Lipinski definition) is 3. The van der Waals surface area contributed by atoms with Crippen molar-refractivity contribution < 1.29 is 27.5 Å². The molecule has 7 heteroatoms. The summed E-state index contributed by atoms with van der Waals surface area (Å²) in [7, 11) is 0. The zero-order valence-corrected chi connectivity index (χ0v) is 15.1. The molecule has 3 rings (SSSR count). The van der Waals surface area contributed by atoms with E-state index < -0.39 is 24.3 Å². The van der Waals surface area contributed by atoms with E-state index in [2.05, 4.69) is 5.32 Å². The van der Waals surface area contributed by atoms with Gasteiger partial charge in [0.05, 0.1) is 11.3 Å². The van der Waals surface area contributed by atoms with Crippen LogP contribution in [0, 0.1) is 0 Å². The maximum atomic E-state index is 13.0. The normalized spacial score (nSPS) is 11.0. The van der Waals surface area contributed by atoms with Crippen LogP contribution in [0.5, 0.6) is 5.75 Å². The van der Waals surface area contributed by atoms with Gasteiger partial charge in [0.15, 0.2) is 12.4 Å². The number of ketones is 1. The van der Waals surface area contributed by atoms with E-state index >= 15 is 0 Å². The maximum absolute atomic E-state index is 13.0. The average Bonchev–Trinajstić information content (AvgIpc) is 2.72. The Morgan fingerprint density at radius 1 is 0.793 bits per heavy atom. The number of nitrogens with one attached hydrogen (secondary N) is 1. The molecule has 4 nitrogen and oxygen atoms in total. The second kappa shape index (κ2) is 8.60. The molecule has 0 aliphatic carbocycles. The van der Waals surface area contributed by atoms with E-state index in [0.29, 0.717) is 16.9 Å². The van der Waals surface area contributed by atoms with E-state index in [4.69, 9.17) is 4.74 Å². The molecule has 0 unspecified atom stereocenters. The van der Waals surface area contributed by atoms with E-state index in [9.17, 15) is 22.8 Å². The van der Waals surface area contributed by atoms with Crippen molar-refractivity contribution in [2.75, 3.05) is 11.9 Å². The Kier molecular flexibility index (Phi) is 5.97. The van der Waals surface area contributed by atoms with Crippen LogP contribution < -0.4 is 10.1 Å². The Morgan fingerprint density at radius 3 is 2.03 bits per heavy atom. The fourth-order valence-electron chi connectivity index (χ4n) is 2.63. The van der Waals surface area contributed by atoms with Crippen LogP contribution in [0.4, 0.5) is 18.9 Å². The van der Waals surface area contributed by atoms with E-state index in [1.165, 1.54) is 30.3 Å². The molecule has 0 heterocycles. The van der Waals surface area contributed by atoms with E-state index in [1.807, 2.05) is 6.07 Å². The minimum absolute atomic E-state index is 0.154. The number of benzene rings is 3. The average molecular weight is 399 g/mol. The van der Waals surface area contributed by atoms with Crippen molar-refractivity contribution in [2.45, 2.75) is 6.18 Å². The Labute approximate surface area is 164 Å². The molecule has 3 aromatic carbocycles. The molecule has 0 spiro atoms. The lowest BCUT2D eigenvalue weighted by molar-refractivity contribution is -0.137. The highest BCUT2D eigenvalue weighted by Gasteiger charge is 2.33. The fourth-order valence-corrected chi connectivity index (χ4v) is 2.63. The third kappa shape index (κ3) is 5.22. The summed E-state index contributed by atoms with van der Waals surface area (Å²) in [6.07, 6.45) is -4.58. The van der Waals surface area contributed by atoms with Crippen LogP contribution in [0.3, 0.4) is 0 Å². The van der Waals surface area contributed by atoms with E-state index in [-0.39, 0.29) is 11.5 Å². The summed E-state index contributed by atoms with van der Waals surface area (Å²) in [6, 6.07) is 19.6. The van der Waals surface area contributed by atoms with Crippen molar-refractivity contribution in [1.82, 2.24) is 0 Å². The van der Waals surface area contributed by atoms with Gasteiger partial charge in [-0.15, -0.1) is 0 Å². The van der Waals surface area contributed by atoms with Gasteiger partial charge in [0.2, 0.25) is 0 Å². The molecule has 1 N–H and O–H groups in total. The second-order valence-corrected chi connectivity index (χ2v) is 6.10. The Hall–Kier alpha value is -3.61. The van der Waals surface area contributed by atoms with Gasteiger partial charge in [0.1, 0.15) is 5.75 Å². The van der Waals surface area contributed by atoms with Crippen LogP contribution in [0.2, 0.25) is 0 Å². The summed E-state index contributed by atoms with van der Waals surface area (Å²) in [5.74, 6) is -0.571. The second-order valence-electron chi connectivity index (χ2n) is 6.10. The molecule has 0 saturated carbocycles. The molecule has 0 atom stereocenters. The van der Waals surface area contributed by atoms with Gasteiger partial charge in [-0.2, -0.15) is 13.2 Å². The largest absolute Gasteiger partial charge is 0.484 e. The first-order valence-electron chi connectivity index (χ1n) is 8.63. The van der Waals surface area contributed by atoms with Crippen molar-refractivity contribution in [3.05, 3.63) is 95.6 Å². The molecule has 1 amide bonds. The van der Waals surface area contributed by atoms with Gasteiger partial charge in [0.25, 0.3) is 5.91 Å². The number of anilines is 1. The minimum Gasteiger partial charge on any atom is -0.484 e. The smallest absolute Gasteiger partial charge is 0.418 e. The quantitative estimate of drug-likeness (QED) is 0.597. The molecule has 0 radical (unpaired) electrons. The van der Waals surface area contributed by atoms with Crippen molar-refractivity contribution >= 4 is 17.4 Å². The first-order chi connectivity index (χ1) is 13.8. The first kappa shape index (κ1) is 20.1. The predicted molar refractivity (Wildman–Crippen MR) is 102 cm³/mol.